The molecule has 6 heteroatoms. The predicted octanol–water partition coefficient (Wildman–Crippen LogP) is 4.71. The second-order valence-electron chi connectivity index (χ2n) is 6.55. The Labute approximate surface area is 155 Å². The van der Waals surface area contributed by atoms with Gasteiger partial charge in [-0.3, -0.25) is 4.79 Å². The molecule has 1 heterocycles. The molecule has 1 unspecified atom stereocenters. The van der Waals surface area contributed by atoms with Crippen molar-refractivity contribution in [1.82, 2.24) is 4.98 Å². The van der Waals surface area contributed by atoms with Crippen LogP contribution in [0.15, 0.2) is 36.4 Å². The fourth-order valence-corrected chi connectivity index (χ4v) is 3.75. The molecule has 134 valence electrons. The molecule has 0 aliphatic heterocycles. The summed E-state index contributed by atoms with van der Waals surface area (Å²) >= 11 is 5.79. The van der Waals surface area contributed by atoms with Crippen molar-refractivity contribution in [3.05, 3.63) is 58.5 Å². The molecule has 0 radical (unpaired) electrons. The molecular weight excluding hydrogens is 355 g/mol. The third kappa shape index (κ3) is 3.03. The molecule has 0 saturated carbocycles. The molecule has 4 rings (SSSR count). The van der Waals surface area contributed by atoms with Gasteiger partial charge in [-0.1, -0.05) is 11.6 Å². The molecule has 3 aromatic rings. The molecule has 0 fully saturated rings. The van der Waals surface area contributed by atoms with E-state index in [0.29, 0.717) is 12.1 Å². The molecule has 1 aliphatic rings. The Morgan fingerprint density at radius 1 is 1.31 bits per heavy atom. The van der Waals surface area contributed by atoms with Crippen molar-refractivity contribution in [2.24, 2.45) is 5.92 Å². The van der Waals surface area contributed by atoms with Gasteiger partial charge in [0.05, 0.1) is 12.1 Å². The van der Waals surface area contributed by atoms with Crippen LogP contribution in [0.2, 0.25) is 5.02 Å². The molecule has 4 nitrogen and oxygen atoms in total. The van der Waals surface area contributed by atoms with Gasteiger partial charge in [0.25, 0.3) is 0 Å². The number of hydrogen-bond donors (Lipinski definition) is 2. The number of aromatic amines is 1. The minimum Gasteiger partial charge on any atom is -0.497 e. The highest BCUT2D eigenvalue weighted by Gasteiger charge is 2.27. The van der Waals surface area contributed by atoms with E-state index in [9.17, 15) is 9.18 Å². The summed E-state index contributed by atoms with van der Waals surface area (Å²) in [5.41, 5.74) is 3.92. The van der Waals surface area contributed by atoms with E-state index in [1.807, 2.05) is 18.2 Å². The number of carbonyl (C=O) groups is 1. The molecule has 1 aromatic heterocycles. The van der Waals surface area contributed by atoms with Crippen LogP contribution in [0.3, 0.4) is 0 Å². The van der Waals surface area contributed by atoms with Gasteiger partial charge in [-0.2, -0.15) is 0 Å². The number of aromatic nitrogens is 1. The van der Waals surface area contributed by atoms with E-state index in [4.69, 9.17) is 16.3 Å². The maximum Gasteiger partial charge on any atom is 0.227 e. The summed E-state index contributed by atoms with van der Waals surface area (Å²) in [5, 5.41) is 3.94. The van der Waals surface area contributed by atoms with Crippen molar-refractivity contribution < 1.29 is 13.9 Å². The highest BCUT2D eigenvalue weighted by molar-refractivity contribution is 6.31. The molecule has 26 heavy (non-hydrogen) atoms. The van der Waals surface area contributed by atoms with Gasteiger partial charge < -0.3 is 15.0 Å². The second-order valence-corrected chi connectivity index (χ2v) is 6.96. The van der Waals surface area contributed by atoms with E-state index in [0.717, 1.165) is 29.5 Å². The summed E-state index contributed by atoms with van der Waals surface area (Å²) in [7, 11) is 1.64. The first-order valence-electron chi connectivity index (χ1n) is 8.48. The number of hydrogen-bond acceptors (Lipinski definition) is 2. The number of benzene rings is 2. The molecule has 2 aromatic carbocycles. The third-order valence-electron chi connectivity index (χ3n) is 4.95. The lowest BCUT2D eigenvalue weighted by molar-refractivity contribution is -0.120. The van der Waals surface area contributed by atoms with Crippen molar-refractivity contribution in [3.8, 4) is 5.75 Å². The molecule has 0 spiro atoms. The summed E-state index contributed by atoms with van der Waals surface area (Å²) in [6.45, 7) is 0. The minimum absolute atomic E-state index is 0.00236. The summed E-state index contributed by atoms with van der Waals surface area (Å²) in [6.07, 6.45) is 2.23. The monoisotopic (exact) mass is 372 g/mol. The number of ether oxygens (including phenoxy) is 1. The Hall–Kier alpha value is -2.53. The average Bonchev–Trinajstić information content (AvgIpc) is 3.01. The maximum absolute atomic E-state index is 13.3. The van der Waals surface area contributed by atoms with Crippen LogP contribution in [0.1, 0.15) is 17.7 Å². The average molecular weight is 373 g/mol. The number of carbonyl (C=O) groups excluding carboxylic acids is 1. The quantitative estimate of drug-likeness (QED) is 0.699. The first-order valence-corrected chi connectivity index (χ1v) is 8.86. The maximum atomic E-state index is 13.3. The summed E-state index contributed by atoms with van der Waals surface area (Å²) < 4.78 is 18.6. The number of amides is 1. The number of methoxy groups -OCH3 is 1. The number of anilines is 1. The number of halogens is 2. The van der Waals surface area contributed by atoms with Crippen molar-refractivity contribution in [2.75, 3.05) is 12.4 Å². The number of aryl methyl sites for hydroxylation is 1. The van der Waals surface area contributed by atoms with Crippen molar-refractivity contribution in [1.29, 1.82) is 0 Å². The number of fused-ring (bicyclic) bond motifs is 3. The summed E-state index contributed by atoms with van der Waals surface area (Å²) in [6, 6.07) is 10.1. The largest absolute Gasteiger partial charge is 0.497 e. The first-order chi connectivity index (χ1) is 12.5. The highest BCUT2D eigenvalue weighted by atomic mass is 35.5. The van der Waals surface area contributed by atoms with Gasteiger partial charge in [0.1, 0.15) is 11.6 Å². The molecular formula is C20H18ClFN2O2. The van der Waals surface area contributed by atoms with Crippen LogP contribution in [-0.4, -0.2) is 18.0 Å². The van der Waals surface area contributed by atoms with Crippen LogP contribution in [0.25, 0.3) is 10.9 Å². The van der Waals surface area contributed by atoms with Gasteiger partial charge in [-0.25, -0.2) is 4.39 Å². The summed E-state index contributed by atoms with van der Waals surface area (Å²) in [4.78, 5) is 16.1. The van der Waals surface area contributed by atoms with Gasteiger partial charge in [-0.05, 0) is 61.2 Å². The number of rotatable bonds is 3. The number of H-pyrrole nitrogens is 1. The van der Waals surface area contributed by atoms with Gasteiger partial charge in [0.2, 0.25) is 5.91 Å². The van der Waals surface area contributed by atoms with Crippen LogP contribution < -0.4 is 10.1 Å². The molecule has 0 bridgehead atoms. The number of nitrogens with one attached hydrogen (secondary N) is 2. The topological polar surface area (TPSA) is 54.1 Å². The van der Waals surface area contributed by atoms with Gasteiger partial charge in [0.15, 0.2) is 0 Å². The van der Waals surface area contributed by atoms with E-state index in [1.54, 1.807) is 7.11 Å². The predicted molar refractivity (Wildman–Crippen MR) is 100 cm³/mol. The third-order valence-corrected chi connectivity index (χ3v) is 5.24. The zero-order chi connectivity index (χ0) is 18.3. The molecule has 0 saturated heterocycles. The normalized spacial score (nSPS) is 16.3. The van der Waals surface area contributed by atoms with E-state index < -0.39 is 5.82 Å². The Morgan fingerprint density at radius 2 is 2.15 bits per heavy atom. The highest BCUT2D eigenvalue weighted by Crippen LogP contribution is 2.34. The Morgan fingerprint density at radius 3 is 2.92 bits per heavy atom. The zero-order valence-corrected chi connectivity index (χ0v) is 15.0. The van der Waals surface area contributed by atoms with Crippen LogP contribution in [0, 0.1) is 11.7 Å². The molecule has 1 atom stereocenters. The first kappa shape index (κ1) is 16.9. The van der Waals surface area contributed by atoms with E-state index in [-0.39, 0.29) is 16.8 Å². The van der Waals surface area contributed by atoms with E-state index in [2.05, 4.69) is 10.3 Å². The lowest BCUT2D eigenvalue weighted by atomic mass is 9.85. The van der Waals surface area contributed by atoms with E-state index in [1.165, 1.54) is 29.5 Å². The smallest absolute Gasteiger partial charge is 0.227 e. The SMILES string of the molecule is COc1ccc2[nH]c3c(c2c1)CC(C(=O)Nc1ccc(F)c(Cl)c1)CC3. The Balaban J connectivity index is 1.57. The molecule has 2 N–H and O–H groups in total. The molecule has 1 amide bonds. The fraction of sp³-hybridized carbons (Fsp3) is 0.250. The molecule has 1 aliphatic carbocycles. The van der Waals surface area contributed by atoms with Crippen LogP contribution in [-0.2, 0) is 17.6 Å². The zero-order valence-electron chi connectivity index (χ0n) is 14.2. The van der Waals surface area contributed by atoms with Gasteiger partial charge in [-0.15, -0.1) is 0 Å². The Kier molecular flexibility index (Phi) is 4.32. The standard InChI is InChI=1S/C20H18ClFN2O2/c1-26-13-4-7-19-15(10-13)14-8-11(2-6-18(14)24-19)20(25)23-12-3-5-17(22)16(21)9-12/h3-5,7,9-11,24H,2,6,8H2,1H3,(H,23,25). The fourth-order valence-electron chi connectivity index (χ4n) is 3.57. The lowest BCUT2D eigenvalue weighted by Crippen LogP contribution is -2.28. The van der Waals surface area contributed by atoms with Crippen LogP contribution in [0.5, 0.6) is 5.75 Å². The van der Waals surface area contributed by atoms with Gasteiger partial charge >= 0.3 is 0 Å². The second kappa shape index (κ2) is 6.65. The van der Waals surface area contributed by atoms with Crippen molar-refractivity contribution >= 4 is 34.1 Å². The summed E-state index contributed by atoms with van der Waals surface area (Å²) in [5.74, 6) is 0.0821. The van der Waals surface area contributed by atoms with Gasteiger partial charge in [0, 0.05) is 28.2 Å². The lowest BCUT2D eigenvalue weighted by Gasteiger charge is -2.22. The van der Waals surface area contributed by atoms with Crippen molar-refractivity contribution in [2.45, 2.75) is 19.3 Å². The Bertz CT molecular complexity index is 999. The van der Waals surface area contributed by atoms with Crippen LogP contribution in [0.4, 0.5) is 10.1 Å². The van der Waals surface area contributed by atoms with Crippen LogP contribution >= 0.6 is 11.6 Å². The minimum atomic E-state index is -0.500. The van der Waals surface area contributed by atoms with Crippen molar-refractivity contribution in [3.63, 3.8) is 0 Å². The van der Waals surface area contributed by atoms with E-state index >= 15 is 0 Å².